The van der Waals surface area contributed by atoms with Crippen LogP contribution in [0.2, 0.25) is 0 Å². The van der Waals surface area contributed by atoms with Crippen LogP contribution in [0.15, 0.2) is 6.07 Å². The van der Waals surface area contributed by atoms with Gasteiger partial charge in [-0.2, -0.15) is 0 Å². The smallest absolute Gasteiger partial charge is 0.225 e. The van der Waals surface area contributed by atoms with Crippen molar-refractivity contribution in [3.63, 3.8) is 0 Å². The topological polar surface area (TPSA) is 72.0 Å². The summed E-state index contributed by atoms with van der Waals surface area (Å²) < 4.78 is 6.15. The molecule has 1 saturated carbocycles. The number of rotatable bonds is 3. The molecule has 0 spiro atoms. The molecule has 2 aliphatic rings. The molecule has 0 aliphatic heterocycles. The van der Waals surface area contributed by atoms with Gasteiger partial charge < -0.3 is 10.5 Å². The summed E-state index contributed by atoms with van der Waals surface area (Å²) in [6.07, 6.45) is 9.35. The van der Waals surface area contributed by atoms with Gasteiger partial charge in [0.1, 0.15) is 11.9 Å². The van der Waals surface area contributed by atoms with Gasteiger partial charge in [0, 0.05) is 5.69 Å². The molecular weight excluding hydrogens is 262 g/mol. The zero-order chi connectivity index (χ0) is 14.8. The van der Waals surface area contributed by atoms with E-state index in [4.69, 9.17) is 20.9 Å². The molecule has 114 valence electrons. The van der Waals surface area contributed by atoms with Crippen LogP contribution in [0.5, 0.6) is 5.88 Å². The van der Waals surface area contributed by atoms with Crippen molar-refractivity contribution in [3.8, 4) is 5.88 Å². The molecule has 4 nitrogen and oxygen atoms in total. The van der Waals surface area contributed by atoms with Crippen LogP contribution in [0.4, 0.5) is 0 Å². The zero-order valence-electron chi connectivity index (χ0n) is 12.8. The molecule has 0 amide bonds. The second-order valence-corrected chi connectivity index (χ2v) is 6.58. The molecule has 1 aromatic rings. The number of hydrogen-bond acceptors (Lipinski definition) is 3. The highest BCUT2D eigenvalue weighted by atomic mass is 16.5. The number of amidine groups is 1. The van der Waals surface area contributed by atoms with Crippen molar-refractivity contribution in [2.75, 3.05) is 0 Å². The molecule has 2 unspecified atom stereocenters. The summed E-state index contributed by atoms with van der Waals surface area (Å²) in [6.45, 7) is 2.28. The Bertz CT molecular complexity index is 541. The second-order valence-electron chi connectivity index (χ2n) is 6.58. The summed E-state index contributed by atoms with van der Waals surface area (Å²) in [4.78, 5) is 4.71. The summed E-state index contributed by atoms with van der Waals surface area (Å²) in [5, 5.41) is 7.81. The highest BCUT2D eigenvalue weighted by molar-refractivity contribution is 5.97. The Morgan fingerprint density at radius 2 is 2.10 bits per heavy atom. The third kappa shape index (κ3) is 3.20. The van der Waals surface area contributed by atoms with E-state index in [1.165, 1.54) is 31.2 Å². The van der Waals surface area contributed by atoms with Crippen molar-refractivity contribution in [2.24, 2.45) is 11.7 Å². The summed E-state index contributed by atoms with van der Waals surface area (Å²) in [5.41, 5.74) is 8.81. The maximum Gasteiger partial charge on any atom is 0.225 e. The maximum absolute atomic E-state index is 7.81. The van der Waals surface area contributed by atoms with E-state index in [1.54, 1.807) is 0 Å². The average Bonchev–Trinajstić information content (AvgIpc) is 2.46. The molecule has 3 rings (SSSR count). The number of ether oxygens (including phenoxy) is 1. The lowest BCUT2D eigenvalue weighted by molar-refractivity contribution is 0.123. The molecule has 21 heavy (non-hydrogen) atoms. The lowest BCUT2D eigenvalue weighted by Gasteiger charge is -2.28. The minimum atomic E-state index is 0.0646. The van der Waals surface area contributed by atoms with Crippen LogP contribution >= 0.6 is 0 Å². The van der Waals surface area contributed by atoms with E-state index in [1.807, 2.05) is 6.07 Å². The number of nitrogens with two attached hydrogens (primary N) is 1. The fourth-order valence-corrected chi connectivity index (χ4v) is 3.54. The van der Waals surface area contributed by atoms with Crippen LogP contribution < -0.4 is 10.5 Å². The Morgan fingerprint density at radius 3 is 2.86 bits per heavy atom. The molecular formula is C17H25N3O. The van der Waals surface area contributed by atoms with E-state index in [9.17, 15) is 0 Å². The minimum Gasteiger partial charge on any atom is -0.474 e. The first-order valence-electron chi connectivity index (χ1n) is 8.17. The number of nitrogen functional groups attached to an aromatic ring is 1. The quantitative estimate of drug-likeness (QED) is 0.662. The van der Waals surface area contributed by atoms with E-state index in [0.29, 0.717) is 17.4 Å². The summed E-state index contributed by atoms with van der Waals surface area (Å²) >= 11 is 0. The lowest BCUT2D eigenvalue weighted by Crippen LogP contribution is -2.26. The number of pyridine rings is 1. The summed E-state index contributed by atoms with van der Waals surface area (Å²) in [6, 6.07) is 2.03. The third-order valence-electron chi connectivity index (χ3n) is 4.72. The van der Waals surface area contributed by atoms with Crippen molar-refractivity contribution in [1.29, 1.82) is 5.41 Å². The first-order valence-corrected chi connectivity index (χ1v) is 8.17. The minimum absolute atomic E-state index is 0.0646. The normalized spacial score (nSPS) is 25.2. The van der Waals surface area contributed by atoms with Gasteiger partial charge in [-0.25, -0.2) is 4.98 Å². The van der Waals surface area contributed by atoms with E-state index in [0.717, 1.165) is 31.4 Å². The molecule has 2 atom stereocenters. The fraction of sp³-hybridized carbons (Fsp3) is 0.647. The molecule has 1 aromatic heterocycles. The van der Waals surface area contributed by atoms with Crippen LogP contribution in [0.3, 0.4) is 0 Å². The van der Waals surface area contributed by atoms with Gasteiger partial charge in [0.2, 0.25) is 5.88 Å². The Hall–Kier alpha value is -1.58. The van der Waals surface area contributed by atoms with Crippen LogP contribution in [0.25, 0.3) is 0 Å². The van der Waals surface area contributed by atoms with Gasteiger partial charge in [0.25, 0.3) is 0 Å². The van der Waals surface area contributed by atoms with Crippen molar-refractivity contribution >= 4 is 5.84 Å². The van der Waals surface area contributed by atoms with Crippen LogP contribution in [0.1, 0.15) is 62.3 Å². The summed E-state index contributed by atoms with van der Waals surface area (Å²) in [5.74, 6) is 1.36. The molecule has 0 radical (unpaired) electrons. The number of hydrogen-bond donors (Lipinski definition) is 2. The first-order chi connectivity index (χ1) is 10.1. The molecule has 1 fully saturated rings. The molecule has 2 aliphatic carbocycles. The van der Waals surface area contributed by atoms with Gasteiger partial charge in [-0.1, -0.05) is 13.3 Å². The molecule has 0 saturated heterocycles. The molecule has 0 aromatic carbocycles. The van der Waals surface area contributed by atoms with Crippen molar-refractivity contribution < 1.29 is 4.74 Å². The molecule has 3 N–H and O–H groups in total. The number of nitrogens with one attached hydrogen (secondary N) is 1. The summed E-state index contributed by atoms with van der Waals surface area (Å²) in [7, 11) is 0. The van der Waals surface area contributed by atoms with Gasteiger partial charge >= 0.3 is 0 Å². The fourth-order valence-electron chi connectivity index (χ4n) is 3.54. The van der Waals surface area contributed by atoms with Crippen LogP contribution in [-0.4, -0.2) is 16.9 Å². The van der Waals surface area contributed by atoms with Crippen molar-refractivity contribution in [1.82, 2.24) is 4.98 Å². The zero-order valence-corrected chi connectivity index (χ0v) is 12.8. The number of aryl methyl sites for hydroxylation is 2. The SMILES string of the molecule is CC1CCCC(Oc2nc3c(cc2C(=N)N)CCCC3)C1. The first kappa shape index (κ1) is 14.4. The van der Waals surface area contributed by atoms with E-state index >= 15 is 0 Å². The number of aromatic nitrogens is 1. The Labute approximate surface area is 126 Å². The largest absolute Gasteiger partial charge is 0.474 e. The Balaban J connectivity index is 1.87. The monoisotopic (exact) mass is 287 g/mol. The van der Waals surface area contributed by atoms with E-state index < -0.39 is 0 Å². The van der Waals surface area contributed by atoms with Gasteiger partial charge in [-0.3, -0.25) is 5.41 Å². The highest BCUT2D eigenvalue weighted by Crippen LogP contribution is 2.30. The van der Waals surface area contributed by atoms with Gasteiger partial charge in [-0.15, -0.1) is 0 Å². The van der Waals surface area contributed by atoms with Gasteiger partial charge in [-0.05, 0) is 62.5 Å². The van der Waals surface area contributed by atoms with Crippen molar-refractivity contribution in [3.05, 3.63) is 22.9 Å². The Kier molecular flexibility index (Phi) is 4.13. The standard InChI is InChI=1S/C17H25N3O/c1-11-5-4-7-13(9-11)21-17-14(16(18)19)10-12-6-2-3-8-15(12)20-17/h10-11,13H,2-9H2,1H3,(H3,18,19). The molecule has 4 heteroatoms. The highest BCUT2D eigenvalue weighted by Gasteiger charge is 2.24. The predicted molar refractivity (Wildman–Crippen MR) is 83.9 cm³/mol. The number of fused-ring (bicyclic) bond motifs is 1. The average molecular weight is 287 g/mol. The number of nitrogens with zero attached hydrogens (tertiary/aromatic N) is 1. The lowest BCUT2D eigenvalue weighted by atomic mass is 9.88. The van der Waals surface area contributed by atoms with Crippen LogP contribution in [-0.2, 0) is 12.8 Å². The maximum atomic E-state index is 7.81. The van der Waals surface area contributed by atoms with E-state index in [-0.39, 0.29) is 11.9 Å². The van der Waals surface area contributed by atoms with Gasteiger partial charge in [0.05, 0.1) is 5.56 Å². The van der Waals surface area contributed by atoms with Gasteiger partial charge in [0.15, 0.2) is 0 Å². The van der Waals surface area contributed by atoms with Crippen molar-refractivity contribution in [2.45, 2.75) is 64.4 Å². The Morgan fingerprint density at radius 1 is 1.29 bits per heavy atom. The van der Waals surface area contributed by atoms with E-state index in [2.05, 4.69) is 6.92 Å². The second kappa shape index (κ2) is 6.04. The predicted octanol–water partition coefficient (Wildman–Crippen LogP) is 3.20. The van der Waals surface area contributed by atoms with Crippen LogP contribution in [0, 0.1) is 11.3 Å². The molecule has 0 bridgehead atoms. The molecule has 1 heterocycles. The third-order valence-corrected chi connectivity index (χ3v) is 4.72.